The van der Waals surface area contributed by atoms with Crippen LogP contribution < -0.4 is 0 Å². The predicted molar refractivity (Wildman–Crippen MR) is 90.8 cm³/mol. The van der Waals surface area contributed by atoms with Gasteiger partial charge < -0.3 is 13.9 Å². The molecule has 8 nitrogen and oxygen atoms in total. The number of hydrogen-bond donors (Lipinski definition) is 0. The standard InChI is InChI=1S/C17H19N3O5/c1-5-6-19-11(2)7-14(12(19)3)16(21)10-25-17(22)15-8-13(20(23)24)9-18(15)4/h5,7-9H,1,6,10H2,2-4H3. The van der Waals surface area contributed by atoms with Crippen molar-refractivity contribution in [2.45, 2.75) is 20.4 Å². The maximum absolute atomic E-state index is 12.3. The topological polar surface area (TPSA) is 96.4 Å². The first-order valence-corrected chi connectivity index (χ1v) is 7.55. The number of esters is 1. The summed E-state index contributed by atoms with van der Waals surface area (Å²) in [5.74, 6) is -1.12. The van der Waals surface area contributed by atoms with Gasteiger partial charge in [-0.25, -0.2) is 4.79 Å². The van der Waals surface area contributed by atoms with E-state index in [4.69, 9.17) is 4.74 Å². The van der Waals surface area contributed by atoms with E-state index in [1.165, 1.54) is 17.8 Å². The predicted octanol–water partition coefficient (Wildman–Crippen LogP) is 2.58. The molecule has 0 amide bonds. The molecule has 2 rings (SSSR count). The smallest absolute Gasteiger partial charge is 0.355 e. The van der Waals surface area contributed by atoms with Crippen molar-refractivity contribution >= 4 is 17.4 Å². The highest BCUT2D eigenvalue weighted by atomic mass is 16.6. The Morgan fingerprint density at radius 1 is 1.36 bits per heavy atom. The van der Waals surface area contributed by atoms with Gasteiger partial charge in [-0.15, -0.1) is 6.58 Å². The Hall–Kier alpha value is -3.16. The summed E-state index contributed by atoms with van der Waals surface area (Å²) < 4.78 is 8.25. The van der Waals surface area contributed by atoms with Crippen LogP contribution in [0.1, 0.15) is 32.2 Å². The minimum Gasteiger partial charge on any atom is -0.453 e. The van der Waals surface area contributed by atoms with Crippen LogP contribution in [-0.4, -0.2) is 32.4 Å². The van der Waals surface area contributed by atoms with Gasteiger partial charge in [-0.1, -0.05) is 6.08 Å². The van der Waals surface area contributed by atoms with Crippen molar-refractivity contribution in [2.24, 2.45) is 7.05 Å². The maximum Gasteiger partial charge on any atom is 0.355 e. The first-order chi connectivity index (χ1) is 11.8. The molecule has 8 heteroatoms. The number of aryl methyl sites for hydroxylation is 2. The molecule has 0 fully saturated rings. The molecule has 0 aromatic carbocycles. The van der Waals surface area contributed by atoms with E-state index in [-0.39, 0.29) is 17.2 Å². The van der Waals surface area contributed by atoms with E-state index in [1.54, 1.807) is 12.1 Å². The first kappa shape index (κ1) is 18.2. The van der Waals surface area contributed by atoms with E-state index in [0.717, 1.165) is 17.5 Å². The number of ketones is 1. The quantitative estimate of drug-likeness (QED) is 0.253. The fourth-order valence-corrected chi connectivity index (χ4v) is 2.63. The van der Waals surface area contributed by atoms with Crippen molar-refractivity contribution in [3.8, 4) is 0 Å². The van der Waals surface area contributed by atoms with Crippen LogP contribution in [0.4, 0.5) is 5.69 Å². The van der Waals surface area contributed by atoms with Gasteiger partial charge in [-0.05, 0) is 19.9 Å². The fraction of sp³-hybridized carbons (Fsp3) is 0.294. The van der Waals surface area contributed by atoms with Crippen molar-refractivity contribution in [1.29, 1.82) is 0 Å². The molecule has 2 aromatic heterocycles. The van der Waals surface area contributed by atoms with Gasteiger partial charge in [-0.3, -0.25) is 14.9 Å². The highest BCUT2D eigenvalue weighted by Crippen LogP contribution is 2.18. The molecule has 2 heterocycles. The Labute approximate surface area is 144 Å². The summed E-state index contributed by atoms with van der Waals surface area (Å²) in [6.45, 7) is 7.52. The molecule has 0 unspecified atom stereocenters. The molecule has 2 aromatic rings. The number of Topliss-reactive ketones (excluding diaryl/α,β-unsaturated/α-hetero) is 1. The van der Waals surface area contributed by atoms with E-state index in [9.17, 15) is 19.7 Å². The Morgan fingerprint density at radius 2 is 2.04 bits per heavy atom. The summed E-state index contributed by atoms with van der Waals surface area (Å²) in [5.41, 5.74) is 1.95. The summed E-state index contributed by atoms with van der Waals surface area (Å²) in [5, 5.41) is 10.7. The summed E-state index contributed by atoms with van der Waals surface area (Å²) in [6.07, 6.45) is 2.94. The SMILES string of the molecule is C=CCn1c(C)cc(C(=O)COC(=O)c2cc([N+](=O)[O-])cn2C)c1C. The zero-order chi connectivity index (χ0) is 18.7. The van der Waals surface area contributed by atoms with E-state index in [1.807, 2.05) is 18.4 Å². The zero-order valence-electron chi connectivity index (χ0n) is 14.3. The molecule has 25 heavy (non-hydrogen) atoms. The molecular weight excluding hydrogens is 326 g/mol. The lowest BCUT2D eigenvalue weighted by Crippen LogP contribution is -2.16. The lowest BCUT2D eigenvalue weighted by molar-refractivity contribution is -0.384. The number of carbonyl (C=O) groups excluding carboxylic acids is 2. The number of rotatable bonds is 7. The van der Waals surface area contributed by atoms with Gasteiger partial charge in [0.05, 0.1) is 11.1 Å². The van der Waals surface area contributed by atoms with Crippen molar-refractivity contribution in [2.75, 3.05) is 6.61 Å². The van der Waals surface area contributed by atoms with Gasteiger partial charge in [0.25, 0.3) is 5.69 Å². The van der Waals surface area contributed by atoms with Gasteiger partial charge in [0.15, 0.2) is 6.61 Å². The number of nitrogens with zero attached hydrogens (tertiary/aromatic N) is 3. The molecule has 0 aliphatic carbocycles. The molecule has 0 aliphatic rings. The van der Waals surface area contributed by atoms with Gasteiger partial charge in [0.1, 0.15) is 5.69 Å². The van der Waals surface area contributed by atoms with Crippen LogP contribution in [0.5, 0.6) is 0 Å². The number of hydrogen-bond acceptors (Lipinski definition) is 5. The van der Waals surface area contributed by atoms with Crippen LogP contribution >= 0.6 is 0 Å². The average molecular weight is 345 g/mol. The molecular formula is C17H19N3O5. The minimum atomic E-state index is -0.788. The van der Waals surface area contributed by atoms with Crippen LogP contribution in [0.3, 0.4) is 0 Å². The third-order valence-corrected chi connectivity index (χ3v) is 3.93. The second kappa shape index (κ2) is 7.16. The molecule has 0 bridgehead atoms. The normalized spacial score (nSPS) is 10.5. The highest BCUT2D eigenvalue weighted by molar-refractivity contribution is 6.00. The fourth-order valence-electron chi connectivity index (χ4n) is 2.63. The van der Waals surface area contributed by atoms with Crippen molar-refractivity contribution in [3.63, 3.8) is 0 Å². The first-order valence-electron chi connectivity index (χ1n) is 7.55. The van der Waals surface area contributed by atoms with Crippen LogP contribution in [0, 0.1) is 24.0 Å². The Bertz CT molecular complexity index is 860. The number of nitro groups is 1. The lowest BCUT2D eigenvalue weighted by Gasteiger charge is -2.07. The summed E-state index contributed by atoms with van der Waals surface area (Å²) >= 11 is 0. The van der Waals surface area contributed by atoms with Crippen LogP contribution in [-0.2, 0) is 18.3 Å². The molecule has 0 N–H and O–H groups in total. The van der Waals surface area contributed by atoms with Crippen LogP contribution in [0.2, 0.25) is 0 Å². The molecule has 0 atom stereocenters. The Balaban J connectivity index is 2.10. The van der Waals surface area contributed by atoms with Gasteiger partial charge in [-0.2, -0.15) is 0 Å². The Morgan fingerprint density at radius 3 is 2.60 bits per heavy atom. The van der Waals surface area contributed by atoms with Crippen molar-refractivity contribution in [1.82, 2.24) is 9.13 Å². The lowest BCUT2D eigenvalue weighted by atomic mass is 10.1. The number of allylic oxidation sites excluding steroid dienone is 1. The molecule has 0 saturated heterocycles. The highest BCUT2D eigenvalue weighted by Gasteiger charge is 2.21. The summed E-state index contributed by atoms with van der Waals surface area (Å²) in [4.78, 5) is 34.5. The average Bonchev–Trinajstić information content (AvgIpc) is 3.08. The largest absolute Gasteiger partial charge is 0.453 e. The van der Waals surface area contributed by atoms with Gasteiger partial charge in [0.2, 0.25) is 5.78 Å². The van der Waals surface area contributed by atoms with Gasteiger partial charge >= 0.3 is 5.97 Å². The second-order valence-electron chi connectivity index (χ2n) is 5.63. The summed E-state index contributed by atoms with van der Waals surface area (Å²) in [7, 11) is 1.49. The third-order valence-electron chi connectivity index (χ3n) is 3.93. The molecule has 0 radical (unpaired) electrons. The second-order valence-corrected chi connectivity index (χ2v) is 5.63. The number of aromatic nitrogens is 2. The minimum absolute atomic E-state index is 0.0108. The third kappa shape index (κ3) is 3.68. The molecule has 0 spiro atoms. The number of ether oxygens (including phenoxy) is 1. The summed E-state index contributed by atoms with van der Waals surface area (Å²) in [6, 6.07) is 2.85. The van der Waals surface area contributed by atoms with Crippen molar-refractivity contribution in [3.05, 3.63) is 63.7 Å². The van der Waals surface area contributed by atoms with Crippen LogP contribution in [0.15, 0.2) is 31.0 Å². The maximum atomic E-state index is 12.3. The van der Waals surface area contributed by atoms with Gasteiger partial charge in [0, 0.05) is 36.6 Å². The van der Waals surface area contributed by atoms with E-state index in [0.29, 0.717) is 12.1 Å². The number of carbonyl (C=O) groups is 2. The molecule has 0 aliphatic heterocycles. The Kier molecular flexibility index (Phi) is 5.21. The molecule has 132 valence electrons. The van der Waals surface area contributed by atoms with E-state index in [2.05, 4.69) is 6.58 Å². The van der Waals surface area contributed by atoms with Crippen molar-refractivity contribution < 1.29 is 19.2 Å². The monoisotopic (exact) mass is 345 g/mol. The zero-order valence-corrected chi connectivity index (χ0v) is 14.3. The van der Waals surface area contributed by atoms with E-state index >= 15 is 0 Å². The van der Waals surface area contributed by atoms with E-state index < -0.39 is 17.5 Å². The molecule has 0 saturated carbocycles. The van der Waals surface area contributed by atoms with Crippen LogP contribution in [0.25, 0.3) is 0 Å².